The number of aryl methyl sites for hydroxylation is 2. The zero-order chi connectivity index (χ0) is 20.9. The van der Waals surface area contributed by atoms with Crippen LogP contribution >= 0.6 is 0 Å². The number of amides is 3. The Balaban J connectivity index is 1.33. The third-order valence-corrected chi connectivity index (χ3v) is 4.72. The molecule has 0 saturated heterocycles. The molecule has 152 valence electrons. The van der Waals surface area contributed by atoms with Crippen molar-refractivity contribution >= 4 is 29.4 Å². The molecule has 1 aliphatic rings. The highest BCUT2D eigenvalue weighted by atomic mass is 16.2. The van der Waals surface area contributed by atoms with E-state index in [4.69, 9.17) is 0 Å². The molecule has 9 heteroatoms. The molecule has 4 N–H and O–H groups in total. The molecule has 1 aliphatic heterocycles. The van der Waals surface area contributed by atoms with Gasteiger partial charge >= 0.3 is 0 Å². The predicted octanol–water partition coefficient (Wildman–Crippen LogP) is 1.67. The van der Waals surface area contributed by atoms with Gasteiger partial charge in [-0.25, -0.2) is 0 Å². The monoisotopic (exact) mass is 404 g/mol. The van der Waals surface area contributed by atoms with E-state index in [0.29, 0.717) is 23.5 Å². The third-order valence-electron chi connectivity index (χ3n) is 4.72. The standard InChI is InChI=1S/C21H20N6O3/c28-18(12-16-20(30)22-15-9-5-4-8-14(15)19(29)23-16)25-21-24-17(26-27-21)11-10-13-6-2-1-3-7-13/h1-9,16H,10-12H2,(H,22,30)(H,23,29)(H2,24,25,26,27,28). The van der Waals surface area contributed by atoms with Gasteiger partial charge in [0.1, 0.15) is 11.9 Å². The average molecular weight is 404 g/mol. The quantitative estimate of drug-likeness (QED) is 0.497. The van der Waals surface area contributed by atoms with E-state index in [1.54, 1.807) is 24.3 Å². The van der Waals surface area contributed by atoms with Crippen molar-refractivity contribution in [3.05, 3.63) is 71.5 Å². The number of aromatic nitrogens is 3. The fourth-order valence-electron chi connectivity index (χ4n) is 3.19. The smallest absolute Gasteiger partial charge is 0.254 e. The molecule has 2 aromatic carbocycles. The van der Waals surface area contributed by atoms with Crippen LogP contribution in [0.25, 0.3) is 0 Å². The maximum absolute atomic E-state index is 12.4. The number of carbonyl (C=O) groups is 3. The summed E-state index contributed by atoms with van der Waals surface area (Å²) >= 11 is 0. The summed E-state index contributed by atoms with van der Waals surface area (Å²) in [6.07, 6.45) is 1.20. The van der Waals surface area contributed by atoms with Crippen LogP contribution in [0.5, 0.6) is 0 Å². The fourth-order valence-corrected chi connectivity index (χ4v) is 3.19. The van der Waals surface area contributed by atoms with Crippen molar-refractivity contribution in [2.75, 3.05) is 10.6 Å². The number of fused-ring (bicyclic) bond motifs is 1. The number of benzene rings is 2. The summed E-state index contributed by atoms with van der Waals surface area (Å²) in [5.41, 5.74) is 1.95. The van der Waals surface area contributed by atoms with Gasteiger partial charge < -0.3 is 10.6 Å². The second kappa shape index (κ2) is 8.56. The molecular weight excluding hydrogens is 384 g/mol. The van der Waals surface area contributed by atoms with E-state index in [9.17, 15) is 14.4 Å². The summed E-state index contributed by atoms with van der Waals surface area (Å²) in [6.45, 7) is 0. The number of nitrogens with one attached hydrogen (secondary N) is 4. The molecule has 4 rings (SSSR count). The molecule has 1 atom stereocenters. The molecule has 1 unspecified atom stereocenters. The summed E-state index contributed by atoms with van der Waals surface area (Å²) in [6, 6.07) is 15.6. The van der Waals surface area contributed by atoms with E-state index in [1.807, 2.05) is 30.3 Å². The Labute approximate surface area is 172 Å². The van der Waals surface area contributed by atoms with E-state index < -0.39 is 23.8 Å². The maximum atomic E-state index is 12.4. The first kappa shape index (κ1) is 19.3. The topological polar surface area (TPSA) is 129 Å². The normalized spacial score (nSPS) is 15.5. The zero-order valence-electron chi connectivity index (χ0n) is 16.0. The predicted molar refractivity (Wildman–Crippen MR) is 110 cm³/mol. The molecule has 0 fully saturated rings. The number of hydrogen-bond donors (Lipinski definition) is 4. The highest BCUT2D eigenvalue weighted by Crippen LogP contribution is 2.19. The van der Waals surface area contributed by atoms with Crippen molar-refractivity contribution in [1.29, 1.82) is 0 Å². The van der Waals surface area contributed by atoms with Crippen LogP contribution in [0.2, 0.25) is 0 Å². The van der Waals surface area contributed by atoms with Gasteiger partial charge in [-0.3, -0.25) is 24.8 Å². The van der Waals surface area contributed by atoms with Crippen LogP contribution in [-0.2, 0) is 22.4 Å². The highest BCUT2D eigenvalue weighted by Gasteiger charge is 2.29. The second-order valence-electron chi connectivity index (χ2n) is 6.90. The molecule has 9 nitrogen and oxygen atoms in total. The van der Waals surface area contributed by atoms with Gasteiger partial charge in [0.15, 0.2) is 0 Å². The highest BCUT2D eigenvalue weighted by molar-refractivity contribution is 6.11. The van der Waals surface area contributed by atoms with Crippen LogP contribution in [0.15, 0.2) is 54.6 Å². The van der Waals surface area contributed by atoms with Crippen LogP contribution < -0.4 is 16.0 Å². The number of rotatable bonds is 6. The first-order chi connectivity index (χ1) is 14.6. The molecule has 30 heavy (non-hydrogen) atoms. The minimum atomic E-state index is -0.999. The van der Waals surface area contributed by atoms with Gasteiger partial charge in [0.05, 0.1) is 17.7 Å². The summed E-state index contributed by atoms with van der Waals surface area (Å²) in [7, 11) is 0. The number of carbonyl (C=O) groups excluding carboxylic acids is 3. The van der Waals surface area contributed by atoms with Gasteiger partial charge in [0.2, 0.25) is 17.8 Å². The molecular formula is C21H20N6O3. The molecule has 1 aromatic heterocycles. The van der Waals surface area contributed by atoms with Crippen molar-refractivity contribution in [3.8, 4) is 0 Å². The molecule has 2 heterocycles. The number of anilines is 2. The lowest BCUT2D eigenvalue weighted by atomic mass is 10.1. The van der Waals surface area contributed by atoms with Gasteiger partial charge in [0, 0.05) is 6.42 Å². The lowest BCUT2D eigenvalue weighted by Crippen LogP contribution is -2.43. The van der Waals surface area contributed by atoms with Crippen molar-refractivity contribution in [2.45, 2.75) is 25.3 Å². The Morgan fingerprint density at radius 2 is 1.77 bits per heavy atom. The molecule has 0 radical (unpaired) electrons. The van der Waals surface area contributed by atoms with E-state index in [2.05, 4.69) is 31.1 Å². The Kier molecular flexibility index (Phi) is 5.51. The Hall–Kier alpha value is -4.01. The number of nitrogens with zero attached hydrogens (tertiary/aromatic N) is 2. The zero-order valence-corrected chi connectivity index (χ0v) is 16.0. The lowest BCUT2D eigenvalue weighted by Gasteiger charge is -2.13. The van der Waals surface area contributed by atoms with E-state index in [1.165, 1.54) is 5.56 Å². The number of para-hydroxylation sites is 1. The van der Waals surface area contributed by atoms with Crippen molar-refractivity contribution < 1.29 is 14.4 Å². The first-order valence-electron chi connectivity index (χ1n) is 9.54. The van der Waals surface area contributed by atoms with E-state index in [0.717, 1.165) is 6.42 Å². The van der Waals surface area contributed by atoms with E-state index >= 15 is 0 Å². The number of hydrogen-bond acceptors (Lipinski definition) is 5. The van der Waals surface area contributed by atoms with Gasteiger partial charge in [-0.05, 0) is 24.1 Å². The molecule has 0 bridgehead atoms. The van der Waals surface area contributed by atoms with Crippen LogP contribution in [0.1, 0.15) is 28.2 Å². The number of aromatic amines is 1. The van der Waals surface area contributed by atoms with Crippen LogP contribution in [0.4, 0.5) is 11.6 Å². The molecule has 0 aliphatic carbocycles. The fraction of sp³-hybridized carbons (Fsp3) is 0.190. The largest absolute Gasteiger partial charge is 0.340 e. The van der Waals surface area contributed by atoms with Crippen molar-refractivity contribution in [1.82, 2.24) is 20.5 Å². The van der Waals surface area contributed by atoms with Crippen LogP contribution in [-0.4, -0.2) is 38.9 Å². The minimum Gasteiger partial charge on any atom is -0.340 e. The lowest BCUT2D eigenvalue weighted by molar-refractivity contribution is -0.122. The molecule has 0 saturated carbocycles. The summed E-state index contributed by atoms with van der Waals surface area (Å²) in [4.78, 5) is 41.3. The Morgan fingerprint density at radius 3 is 2.60 bits per heavy atom. The van der Waals surface area contributed by atoms with Gasteiger partial charge in [-0.1, -0.05) is 42.5 Å². The average Bonchev–Trinajstić information content (AvgIpc) is 3.15. The van der Waals surface area contributed by atoms with Crippen molar-refractivity contribution in [2.24, 2.45) is 0 Å². The summed E-state index contributed by atoms with van der Waals surface area (Å²) in [5.74, 6) is -0.573. The summed E-state index contributed by atoms with van der Waals surface area (Å²) in [5, 5.41) is 14.6. The third kappa shape index (κ3) is 4.52. The SMILES string of the molecule is O=C(CC1NC(=O)c2ccccc2NC1=O)Nc1n[nH]c(CCc2ccccc2)n1. The molecule has 0 spiro atoms. The Bertz CT molecular complexity index is 1080. The van der Waals surface area contributed by atoms with Crippen LogP contribution in [0, 0.1) is 0 Å². The number of H-pyrrole nitrogens is 1. The maximum Gasteiger partial charge on any atom is 0.254 e. The summed E-state index contributed by atoms with van der Waals surface area (Å²) < 4.78 is 0. The molecule has 3 aromatic rings. The Morgan fingerprint density at radius 1 is 1.00 bits per heavy atom. The van der Waals surface area contributed by atoms with E-state index in [-0.39, 0.29) is 12.4 Å². The minimum absolute atomic E-state index is 0.131. The van der Waals surface area contributed by atoms with Gasteiger partial charge in [-0.15, -0.1) is 5.10 Å². The van der Waals surface area contributed by atoms with Gasteiger partial charge in [0.25, 0.3) is 5.91 Å². The van der Waals surface area contributed by atoms with Crippen molar-refractivity contribution in [3.63, 3.8) is 0 Å². The van der Waals surface area contributed by atoms with Gasteiger partial charge in [-0.2, -0.15) is 4.98 Å². The first-order valence-corrected chi connectivity index (χ1v) is 9.54. The van der Waals surface area contributed by atoms with Crippen LogP contribution in [0.3, 0.4) is 0 Å². The second-order valence-corrected chi connectivity index (χ2v) is 6.90. The molecule has 3 amide bonds.